The van der Waals surface area contributed by atoms with Gasteiger partial charge in [0.25, 0.3) is 5.91 Å². The van der Waals surface area contributed by atoms with Gasteiger partial charge in [0, 0.05) is 35.9 Å². The highest BCUT2D eigenvalue weighted by atomic mass is 32.1. The van der Waals surface area contributed by atoms with Crippen LogP contribution in [0.25, 0.3) is 0 Å². The van der Waals surface area contributed by atoms with Crippen molar-refractivity contribution in [1.29, 1.82) is 0 Å². The van der Waals surface area contributed by atoms with Gasteiger partial charge in [-0.15, -0.1) is 11.3 Å². The summed E-state index contributed by atoms with van der Waals surface area (Å²) >= 11 is 1.30. The van der Waals surface area contributed by atoms with Crippen LogP contribution in [0.5, 0.6) is 0 Å². The molecule has 6 nitrogen and oxygen atoms in total. The second-order valence-electron chi connectivity index (χ2n) is 9.16. The number of thiazole rings is 1. The molecule has 2 aromatic rings. The zero-order valence-electron chi connectivity index (χ0n) is 17.0. The van der Waals surface area contributed by atoms with E-state index in [4.69, 9.17) is 4.74 Å². The summed E-state index contributed by atoms with van der Waals surface area (Å²) in [5.74, 6) is 1.02. The number of amides is 1. The molecule has 0 spiro atoms. The van der Waals surface area contributed by atoms with Crippen molar-refractivity contribution in [3.63, 3.8) is 0 Å². The Labute approximate surface area is 179 Å². The Morgan fingerprint density at radius 3 is 2.67 bits per heavy atom. The van der Waals surface area contributed by atoms with E-state index in [1.54, 1.807) is 36.9 Å². The molecule has 1 heterocycles. The van der Waals surface area contributed by atoms with Crippen molar-refractivity contribution in [1.82, 2.24) is 10.3 Å². The van der Waals surface area contributed by atoms with E-state index in [0.717, 1.165) is 32.1 Å². The van der Waals surface area contributed by atoms with E-state index in [9.17, 15) is 14.7 Å². The minimum atomic E-state index is -0.517. The molecule has 4 saturated carbocycles. The maximum atomic E-state index is 13.2. The number of ketones is 1. The van der Waals surface area contributed by atoms with E-state index < -0.39 is 5.60 Å². The van der Waals surface area contributed by atoms with Crippen molar-refractivity contribution < 1.29 is 19.4 Å². The molecule has 1 aromatic heterocycles. The Morgan fingerprint density at radius 2 is 2.03 bits per heavy atom. The van der Waals surface area contributed by atoms with Crippen LogP contribution in [0.3, 0.4) is 0 Å². The van der Waals surface area contributed by atoms with Gasteiger partial charge in [-0.25, -0.2) is 4.98 Å². The molecular formula is C23H26N2O4S. The van der Waals surface area contributed by atoms with Gasteiger partial charge in [-0.2, -0.15) is 0 Å². The fraction of sp³-hybridized carbons (Fsp3) is 0.522. The Kier molecular flexibility index (Phi) is 5.00. The standard InChI is InChI=1S/C23H26N2O4S/c1-29-12-17-8-14(20(26)22-24-4-5-30-22)2-3-18(17)21(27)25-19-15-6-13-7-16(19)11-23(28,9-13)10-15/h2-5,8,13,15-16,19,28H,6-7,9-12H2,1H3,(H,25,27). The largest absolute Gasteiger partial charge is 0.390 e. The summed E-state index contributed by atoms with van der Waals surface area (Å²) in [7, 11) is 1.58. The Hall–Kier alpha value is -2.09. The second kappa shape index (κ2) is 7.55. The van der Waals surface area contributed by atoms with E-state index in [2.05, 4.69) is 10.3 Å². The SMILES string of the molecule is COCc1cc(C(=O)c2nccs2)ccc1C(=O)NC1C2CC3CC1CC(O)(C3)C2. The summed E-state index contributed by atoms with van der Waals surface area (Å²) in [5, 5.41) is 16.3. The van der Waals surface area contributed by atoms with Gasteiger partial charge >= 0.3 is 0 Å². The number of carbonyl (C=O) groups excluding carboxylic acids is 2. The molecule has 1 amide bonds. The van der Waals surface area contributed by atoms with E-state index in [1.165, 1.54) is 11.3 Å². The third-order valence-corrected chi connectivity index (χ3v) is 7.85. The molecule has 4 aliphatic rings. The molecule has 2 N–H and O–H groups in total. The number of aromatic nitrogens is 1. The van der Waals surface area contributed by atoms with E-state index >= 15 is 0 Å². The lowest BCUT2D eigenvalue weighted by atomic mass is 9.52. The van der Waals surface area contributed by atoms with Crippen molar-refractivity contribution in [3.8, 4) is 0 Å². The molecule has 2 unspecified atom stereocenters. The summed E-state index contributed by atoms with van der Waals surface area (Å²) in [4.78, 5) is 29.9. The third-order valence-electron chi connectivity index (χ3n) is 7.08. The van der Waals surface area contributed by atoms with Gasteiger partial charge in [0.15, 0.2) is 5.01 Å². The van der Waals surface area contributed by atoms with Gasteiger partial charge in [0.1, 0.15) is 0 Å². The first-order chi connectivity index (χ1) is 14.5. The molecular weight excluding hydrogens is 400 g/mol. The first-order valence-electron chi connectivity index (χ1n) is 10.5. The lowest BCUT2D eigenvalue weighted by Crippen LogP contribution is -2.61. The van der Waals surface area contributed by atoms with Gasteiger partial charge in [0.05, 0.1) is 12.2 Å². The van der Waals surface area contributed by atoms with Crippen molar-refractivity contribution in [3.05, 3.63) is 51.5 Å². The van der Waals surface area contributed by atoms with E-state index in [0.29, 0.717) is 39.5 Å². The number of nitrogens with zero attached hydrogens (tertiary/aromatic N) is 1. The first kappa shape index (κ1) is 19.8. The second-order valence-corrected chi connectivity index (χ2v) is 10.1. The number of methoxy groups -OCH3 is 1. The van der Waals surface area contributed by atoms with Crippen LogP contribution in [0.4, 0.5) is 0 Å². The normalized spacial score (nSPS) is 31.7. The Balaban J connectivity index is 1.37. The molecule has 158 valence electrons. The predicted octanol–water partition coefficient (Wildman–Crippen LogP) is 3.19. The van der Waals surface area contributed by atoms with Crippen LogP contribution in [0.2, 0.25) is 0 Å². The molecule has 4 fully saturated rings. The zero-order chi connectivity index (χ0) is 20.9. The first-order valence-corrected chi connectivity index (χ1v) is 11.4. The average Bonchev–Trinajstić information content (AvgIpc) is 3.24. The van der Waals surface area contributed by atoms with Gasteiger partial charge in [-0.3, -0.25) is 9.59 Å². The highest BCUT2D eigenvalue weighted by Gasteiger charge is 2.55. The molecule has 30 heavy (non-hydrogen) atoms. The summed E-state index contributed by atoms with van der Waals surface area (Å²) in [5.41, 5.74) is 1.22. The quantitative estimate of drug-likeness (QED) is 0.693. The van der Waals surface area contributed by atoms with Crippen LogP contribution < -0.4 is 5.32 Å². The number of benzene rings is 1. The maximum absolute atomic E-state index is 13.2. The predicted molar refractivity (Wildman–Crippen MR) is 112 cm³/mol. The number of hydrogen-bond donors (Lipinski definition) is 2. The highest BCUT2D eigenvalue weighted by molar-refractivity contribution is 7.11. The number of hydrogen-bond acceptors (Lipinski definition) is 6. The van der Waals surface area contributed by atoms with Crippen molar-refractivity contribution in [2.45, 2.75) is 50.4 Å². The molecule has 0 saturated heterocycles. The monoisotopic (exact) mass is 426 g/mol. The topological polar surface area (TPSA) is 88.5 Å². The Morgan fingerprint density at radius 1 is 1.27 bits per heavy atom. The fourth-order valence-electron chi connectivity index (χ4n) is 6.14. The summed E-state index contributed by atoms with van der Waals surface area (Å²) in [6, 6.07) is 5.26. The molecule has 7 heteroatoms. The average molecular weight is 427 g/mol. The minimum absolute atomic E-state index is 0.112. The summed E-state index contributed by atoms with van der Waals surface area (Å²) < 4.78 is 5.30. The van der Waals surface area contributed by atoms with Crippen molar-refractivity contribution in [2.75, 3.05) is 7.11 Å². The summed E-state index contributed by atoms with van der Waals surface area (Å²) in [6.07, 6.45) is 6.30. The molecule has 2 atom stereocenters. The number of aliphatic hydroxyl groups is 1. The fourth-order valence-corrected chi connectivity index (χ4v) is 6.73. The van der Waals surface area contributed by atoms with Gasteiger partial charge in [-0.05, 0) is 67.6 Å². The van der Waals surface area contributed by atoms with Crippen molar-refractivity contribution >= 4 is 23.0 Å². The van der Waals surface area contributed by atoms with Crippen LogP contribution in [-0.2, 0) is 11.3 Å². The lowest BCUT2D eigenvalue weighted by Gasteiger charge is -2.58. The van der Waals surface area contributed by atoms with Crippen LogP contribution in [0.15, 0.2) is 29.8 Å². The Bertz CT molecular complexity index is 958. The number of rotatable bonds is 6. The molecule has 0 radical (unpaired) electrons. The molecule has 4 aliphatic carbocycles. The maximum Gasteiger partial charge on any atom is 0.251 e. The highest BCUT2D eigenvalue weighted by Crippen LogP contribution is 2.55. The number of ether oxygens (including phenoxy) is 1. The van der Waals surface area contributed by atoms with Gasteiger partial charge in [-0.1, -0.05) is 6.07 Å². The molecule has 6 rings (SSSR count). The van der Waals surface area contributed by atoms with Crippen LogP contribution in [0, 0.1) is 17.8 Å². The molecule has 0 aliphatic heterocycles. The lowest BCUT2D eigenvalue weighted by molar-refractivity contribution is -0.136. The molecule has 4 bridgehead atoms. The number of nitrogens with one attached hydrogen (secondary N) is 1. The zero-order valence-corrected chi connectivity index (χ0v) is 17.8. The minimum Gasteiger partial charge on any atom is -0.390 e. The molecule has 1 aromatic carbocycles. The van der Waals surface area contributed by atoms with Crippen LogP contribution in [0.1, 0.15) is 63.4 Å². The van der Waals surface area contributed by atoms with E-state index in [1.807, 2.05) is 0 Å². The smallest absolute Gasteiger partial charge is 0.251 e. The number of carbonyl (C=O) groups is 2. The summed E-state index contributed by atoms with van der Waals surface area (Å²) in [6.45, 7) is 0.251. The van der Waals surface area contributed by atoms with Gasteiger partial charge in [0.2, 0.25) is 5.78 Å². The van der Waals surface area contributed by atoms with Crippen molar-refractivity contribution in [2.24, 2.45) is 17.8 Å². The van der Waals surface area contributed by atoms with Crippen LogP contribution in [-0.4, -0.2) is 40.5 Å². The van der Waals surface area contributed by atoms with Crippen LogP contribution >= 0.6 is 11.3 Å². The van der Waals surface area contributed by atoms with E-state index in [-0.39, 0.29) is 24.3 Å². The van der Waals surface area contributed by atoms with Gasteiger partial charge < -0.3 is 15.2 Å². The third kappa shape index (κ3) is 3.49.